The van der Waals surface area contributed by atoms with E-state index in [4.69, 9.17) is 27.9 Å². The van der Waals surface area contributed by atoms with E-state index in [0.717, 1.165) is 6.07 Å². The lowest BCUT2D eigenvalue weighted by molar-refractivity contribution is -0.196. The highest BCUT2D eigenvalue weighted by Gasteiger charge is 2.65. The van der Waals surface area contributed by atoms with E-state index >= 15 is 0 Å². The smallest absolute Gasteiger partial charge is 0.196 e. The number of ketones is 2. The second-order valence-electron chi connectivity index (χ2n) is 11.4. The SMILES string of the molecule is CC1(C)O[C@@]2(C[C@H]3C(C)(C)[C@@H](Cl)CC[C@]3(C)O)C(=O)c3cc(O)cc(O)c3C(=O)[C@H]2C[C@H]1Cl. The molecule has 33 heavy (non-hydrogen) atoms. The molecule has 2 fully saturated rings. The standard InChI is InChI=1S/C25H32Cl2O6/c1-22(2)16(24(5,32)7-6-17(22)26)11-25-14(10-18(27)23(3,4)33-25)20(30)19-13(21(25)31)8-12(28)9-15(19)29/h8-9,14,16-18,28-29,32H,6-7,10-11H2,1-5H3/t14-,16+,17+,18-,24+,25-/m1/s1. The summed E-state index contributed by atoms with van der Waals surface area (Å²) in [5.41, 5.74) is -4.43. The third-order valence-electron chi connectivity index (χ3n) is 8.37. The van der Waals surface area contributed by atoms with Crippen LogP contribution in [0, 0.1) is 17.3 Å². The van der Waals surface area contributed by atoms with Crippen molar-refractivity contribution in [3.63, 3.8) is 0 Å². The van der Waals surface area contributed by atoms with Crippen molar-refractivity contribution in [3.8, 4) is 11.5 Å². The zero-order chi connectivity index (χ0) is 24.7. The quantitative estimate of drug-likeness (QED) is 0.504. The number of Topliss-reactive ketones (excluding diaryl/α,β-unsaturated/α-hetero) is 2. The topological polar surface area (TPSA) is 104 Å². The highest BCUT2D eigenvalue weighted by Crippen LogP contribution is 2.58. The van der Waals surface area contributed by atoms with E-state index in [1.54, 1.807) is 20.8 Å². The minimum Gasteiger partial charge on any atom is -0.508 e. The Morgan fingerprint density at radius 1 is 1.06 bits per heavy atom. The number of ether oxygens (including phenoxy) is 1. The number of carbonyl (C=O) groups excluding carboxylic acids is 2. The lowest BCUT2D eigenvalue weighted by Gasteiger charge is -2.58. The fourth-order valence-corrected chi connectivity index (χ4v) is 6.79. The lowest BCUT2D eigenvalue weighted by Crippen LogP contribution is -2.67. The summed E-state index contributed by atoms with van der Waals surface area (Å²) in [5.74, 6) is -3.11. The van der Waals surface area contributed by atoms with Crippen LogP contribution in [0.1, 0.15) is 81.0 Å². The van der Waals surface area contributed by atoms with Crippen LogP contribution in [0.25, 0.3) is 0 Å². The number of halogens is 2. The highest BCUT2D eigenvalue weighted by molar-refractivity contribution is 6.24. The summed E-state index contributed by atoms with van der Waals surface area (Å²) >= 11 is 13.3. The molecule has 0 spiro atoms. The second-order valence-corrected chi connectivity index (χ2v) is 12.4. The first kappa shape index (κ1) is 24.8. The molecule has 1 saturated carbocycles. The van der Waals surface area contributed by atoms with E-state index in [0.29, 0.717) is 12.8 Å². The van der Waals surface area contributed by atoms with E-state index in [-0.39, 0.29) is 35.1 Å². The van der Waals surface area contributed by atoms with Crippen molar-refractivity contribution in [2.24, 2.45) is 17.3 Å². The molecule has 1 aromatic carbocycles. The van der Waals surface area contributed by atoms with Crippen LogP contribution in [0.2, 0.25) is 0 Å². The van der Waals surface area contributed by atoms with Gasteiger partial charge in [-0.05, 0) is 63.9 Å². The normalized spacial score (nSPS) is 39.6. The first-order valence-electron chi connectivity index (χ1n) is 11.4. The summed E-state index contributed by atoms with van der Waals surface area (Å²) in [5, 5.41) is 31.1. The van der Waals surface area contributed by atoms with Gasteiger partial charge < -0.3 is 20.1 Å². The van der Waals surface area contributed by atoms with Gasteiger partial charge >= 0.3 is 0 Å². The van der Waals surface area contributed by atoms with Gasteiger partial charge in [-0.25, -0.2) is 0 Å². The van der Waals surface area contributed by atoms with Crippen LogP contribution in [0.5, 0.6) is 11.5 Å². The monoisotopic (exact) mass is 498 g/mol. The van der Waals surface area contributed by atoms with Crippen molar-refractivity contribution < 1.29 is 29.6 Å². The van der Waals surface area contributed by atoms with Crippen LogP contribution in [0.15, 0.2) is 12.1 Å². The first-order chi connectivity index (χ1) is 15.0. The maximum absolute atomic E-state index is 14.1. The molecule has 0 amide bonds. The number of hydrogen-bond acceptors (Lipinski definition) is 6. The zero-order valence-electron chi connectivity index (χ0n) is 19.6. The number of benzene rings is 1. The third-order valence-corrected chi connectivity index (χ3v) is 9.85. The Kier molecular flexibility index (Phi) is 5.69. The molecule has 0 unspecified atom stereocenters. The fourth-order valence-electron chi connectivity index (χ4n) is 6.31. The summed E-state index contributed by atoms with van der Waals surface area (Å²) in [6.45, 7) is 9.24. The first-order valence-corrected chi connectivity index (χ1v) is 12.3. The van der Waals surface area contributed by atoms with Crippen molar-refractivity contribution in [2.45, 2.75) is 87.9 Å². The molecule has 0 aromatic heterocycles. The Morgan fingerprint density at radius 3 is 2.33 bits per heavy atom. The molecule has 3 aliphatic rings. The third kappa shape index (κ3) is 3.60. The minimum atomic E-state index is -1.61. The average molecular weight is 499 g/mol. The van der Waals surface area contributed by atoms with Crippen LogP contribution >= 0.6 is 23.2 Å². The lowest BCUT2D eigenvalue weighted by atomic mass is 9.54. The fraction of sp³-hybridized carbons (Fsp3) is 0.680. The number of phenols is 2. The molecule has 1 aromatic rings. The van der Waals surface area contributed by atoms with Crippen molar-refractivity contribution in [1.29, 1.82) is 0 Å². The summed E-state index contributed by atoms with van der Waals surface area (Å²) in [7, 11) is 0. The van der Waals surface area contributed by atoms with E-state index in [1.165, 1.54) is 6.07 Å². The Morgan fingerprint density at radius 2 is 1.70 bits per heavy atom. The maximum atomic E-state index is 14.1. The molecule has 1 saturated heterocycles. The molecule has 6 atom stereocenters. The molecule has 1 aliphatic heterocycles. The molecule has 2 aliphatic carbocycles. The highest BCUT2D eigenvalue weighted by atomic mass is 35.5. The number of rotatable bonds is 2. The van der Waals surface area contributed by atoms with E-state index < -0.39 is 56.7 Å². The Hall–Kier alpha value is -1.34. The molecule has 4 rings (SSSR count). The van der Waals surface area contributed by atoms with Crippen LogP contribution in [-0.4, -0.2) is 54.4 Å². The predicted molar refractivity (Wildman–Crippen MR) is 125 cm³/mol. The number of alkyl halides is 2. The van der Waals surface area contributed by atoms with Gasteiger partial charge in [0.1, 0.15) is 17.1 Å². The van der Waals surface area contributed by atoms with Gasteiger partial charge in [-0.1, -0.05) is 13.8 Å². The van der Waals surface area contributed by atoms with Gasteiger partial charge in [0.05, 0.1) is 28.1 Å². The van der Waals surface area contributed by atoms with Crippen molar-refractivity contribution in [2.75, 3.05) is 0 Å². The maximum Gasteiger partial charge on any atom is 0.196 e. The largest absolute Gasteiger partial charge is 0.508 e. The van der Waals surface area contributed by atoms with E-state index in [9.17, 15) is 24.9 Å². The van der Waals surface area contributed by atoms with Gasteiger partial charge in [0, 0.05) is 17.0 Å². The van der Waals surface area contributed by atoms with Gasteiger partial charge in [-0.3, -0.25) is 9.59 Å². The molecular weight excluding hydrogens is 467 g/mol. The molecule has 3 N–H and O–H groups in total. The number of carbonyl (C=O) groups is 2. The minimum absolute atomic E-state index is 0.0638. The van der Waals surface area contributed by atoms with E-state index in [2.05, 4.69) is 0 Å². The van der Waals surface area contributed by atoms with Gasteiger partial charge in [-0.2, -0.15) is 0 Å². The van der Waals surface area contributed by atoms with Crippen LogP contribution < -0.4 is 0 Å². The number of phenolic OH excluding ortho intramolecular Hbond substituents is 2. The number of aliphatic hydroxyl groups is 1. The van der Waals surface area contributed by atoms with Crippen LogP contribution in [-0.2, 0) is 4.74 Å². The molecular formula is C25H32Cl2O6. The molecule has 6 nitrogen and oxygen atoms in total. The van der Waals surface area contributed by atoms with Crippen molar-refractivity contribution >= 4 is 34.8 Å². The molecule has 0 bridgehead atoms. The van der Waals surface area contributed by atoms with Gasteiger partial charge in [-0.15, -0.1) is 23.2 Å². The molecule has 1 heterocycles. The predicted octanol–water partition coefficient (Wildman–Crippen LogP) is 4.82. The van der Waals surface area contributed by atoms with Gasteiger partial charge in [0.15, 0.2) is 11.6 Å². The van der Waals surface area contributed by atoms with E-state index in [1.807, 2.05) is 13.8 Å². The average Bonchev–Trinajstić information content (AvgIpc) is 2.68. The van der Waals surface area contributed by atoms with Gasteiger partial charge in [0.25, 0.3) is 0 Å². The van der Waals surface area contributed by atoms with Crippen LogP contribution in [0.4, 0.5) is 0 Å². The van der Waals surface area contributed by atoms with Crippen molar-refractivity contribution in [1.82, 2.24) is 0 Å². The summed E-state index contributed by atoms with van der Waals surface area (Å²) < 4.78 is 6.50. The van der Waals surface area contributed by atoms with Crippen LogP contribution in [0.3, 0.4) is 0 Å². The molecule has 0 radical (unpaired) electrons. The van der Waals surface area contributed by atoms with Crippen molar-refractivity contribution in [3.05, 3.63) is 23.3 Å². The molecule has 8 heteroatoms. The Balaban J connectivity index is 1.93. The number of aromatic hydroxyl groups is 2. The molecule has 182 valence electrons. The number of fused-ring (bicyclic) bond motifs is 2. The summed E-state index contributed by atoms with van der Waals surface area (Å²) in [6, 6.07) is 2.25. The second kappa shape index (κ2) is 7.58. The summed E-state index contributed by atoms with van der Waals surface area (Å²) in [6.07, 6.45) is 1.33. The van der Waals surface area contributed by atoms with Gasteiger partial charge in [0.2, 0.25) is 0 Å². The number of hydrogen-bond donors (Lipinski definition) is 3. The Bertz CT molecular complexity index is 1020. The Labute approximate surface area is 204 Å². The zero-order valence-corrected chi connectivity index (χ0v) is 21.1. The summed E-state index contributed by atoms with van der Waals surface area (Å²) in [4.78, 5) is 27.8.